The largest absolute Gasteiger partial charge is 0.492 e. The Labute approximate surface area is 122 Å². The van der Waals surface area contributed by atoms with E-state index in [1.54, 1.807) is 6.20 Å². The van der Waals surface area contributed by atoms with Gasteiger partial charge in [0, 0.05) is 18.2 Å². The molecule has 0 aliphatic rings. The molecular weight excluding hydrogens is 252 g/mol. The average Bonchev–Trinajstić information content (AvgIpc) is 2.35. The Bertz CT molecular complexity index is 382. The van der Waals surface area contributed by atoms with E-state index in [4.69, 9.17) is 9.47 Å². The Kier molecular flexibility index (Phi) is 6.27. The molecule has 1 heterocycles. The normalized spacial score (nSPS) is 13.3. The van der Waals surface area contributed by atoms with Crippen LogP contribution in [0.5, 0.6) is 11.6 Å². The minimum atomic E-state index is 0.0733. The van der Waals surface area contributed by atoms with Crippen LogP contribution in [0.4, 0.5) is 0 Å². The van der Waals surface area contributed by atoms with Crippen molar-refractivity contribution in [1.29, 1.82) is 0 Å². The Morgan fingerprint density at radius 1 is 1.20 bits per heavy atom. The van der Waals surface area contributed by atoms with Gasteiger partial charge in [-0.3, -0.25) is 0 Å². The molecule has 0 saturated heterocycles. The predicted octanol–water partition coefficient (Wildman–Crippen LogP) is 3.27. The quantitative estimate of drug-likeness (QED) is 0.832. The smallest absolute Gasteiger partial charge is 0.213 e. The van der Waals surface area contributed by atoms with Gasteiger partial charge >= 0.3 is 0 Å². The van der Waals surface area contributed by atoms with Crippen LogP contribution in [0.3, 0.4) is 0 Å². The van der Waals surface area contributed by atoms with E-state index in [1.807, 2.05) is 19.1 Å². The van der Waals surface area contributed by atoms with Crippen LogP contribution in [0.15, 0.2) is 18.3 Å². The molecule has 0 aliphatic carbocycles. The Morgan fingerprint density at radius 2 is 1.90 bits per heavy atom. The van der Waals surface area contributed by atoms with Crippen LogP contribution < -0.4 is 14.8 Å². The van der Waals surface area contributed by atoms with Crippen molar-refractivity contribution in [2.75, 3.05) is 13.2 Å². The van der Waals surface area contributed by atoms with Gasteiger partial charge in [0.2, 0.25) is 5.88 Å². The molecule has 0 bridgehead atoms. The first kappa shape index (κ1) is 16.8. The number of hydrogen-bond acceptors (Lipinski definition) is 4. The van der Waals surface area contributed by atoms with Crippen molar-refractivity contribution in [2.24, 2.45) is 5.92 Å². The minimum Gasteiger partial charge on any atom is -0.492 e. The topological polar surface area (TPSA) is 43.4 Å². The molecule has 1 aromatic rings. The van der Waals surface area contributed by atoms with Gasteiger partial charge in [0.05, 0.1) is 12.8 Å². The summed E-state index contributed by atoms with van der Waals surface area (Å²) in [5.41, 5.74) is 0.0968. The van der Waals surface area contributed by atoms with Crippen molar-refractivity contribution in [3.63, 3.8) is 0 Å². The summed E-state index contributed by atoms with van der Waals surface area (Å²) in [5, 5.41) is 3.41. The van der Waals surface area contributed by atoms with Gasteiger partial charge in [-0.05, 0) is 39.7 Å². The summed E-state index contributed by atoms with van der Waals surface area (Å²) in [6.07, 6.45) is 1.78. The molecule has 1 atom stereocenters. The zero-order valence-electron chi connectivity index (χ0n) is 13.6. The molecule has 1 rings (SSSR count). The zero-order chi connectivity index (χ0) is 15.2. The number of nitrogens with zero attached hydrogens (tertiary/aromatic N) is 1. The summed E-state index contributed by atoms with van der Waals surface area (Å²) in [4.78, 5) is 4.27. The van der Waals surface area contributed by atoms with Gasteiger partial charge in [0.1, 0.15) is 11.9 Å². The van der Waals surface area contributed by atoms with E-state index in [2.05, 4.69) is 44.9 Å². The first-order valence-corrected chi connectivity index (χ1v) is 7.27. The second-order valence-corrected chi connectivity index (χ2v) is 6.60. The van der Waals surface area contributed by atoms with Crippen molar-refractivity contribution in [3.05, 3.63) is 18.3 Å². The fourth-order valence-corrected chi connectivity index (χ4v) is 1.48. The zero-order valence-corrected chi connectivity index (χ0v) is 13.6. The SMILES string of the molecule is CC(C)COc1ccc(O[C@@H](C)CNC(C)(C)C)nc1. The Hall–Kier alpha value is -1.29. The molecule has 4 heteroatoms. The molecular formula is C16H28N2O2. The number of rotatable bonds is 7. The maximum Gasteiger partial charge on any atom is 0.213 e. The van der Waals surface area contributed by atoms with E-state index in [0.29, 0.717) is 18.4 Å². The van der Waals surface area contributed by atoms with Gasteiger partial charge in [-0.1, -0.05) is 13.8 Å². The fourth-order valence-electron chi connectivity index (χ4n) is 1.48. The number of pyridine rings is 1. The standard InChI is InChI=1S/C16H28N2O2/c1-12(2)11-19-14-7-8-15(17-10-14)20-13(3)9-18-16(4,5)6/h7-8,10,12-13,18H,9,11H2,1-6H3/t13-/m0/s1. The van der Waals surface area contributed by atoms with Gasteiger partial charge in [-0.15, -0.1) is 0 Å². The predicted molar refractivity (Wildman–Crippen MR) is 82.4 cm³/mol. The first-order chi connectivity index (χ1) is 9.26. The van der Waals surface area contributed by atoms with Crippen LogP contribution >= 0.6 is 0 Å². The molecule has 20 heavy (non-hydrogen) atoms. The molecule has 4 nitrogen and oxygen atoms in total. The summed E-state index contributed by atoms with van der Waals surface area (Å²) >= 11 is 0. The minimum absolute atomic E-state index is 0.0733. The summed E-state index contributed by atoms with van der Waals surface area (Å²) in [5.74, 6) is 1.92. The van der Waals surface area contributed by atoms with Gasteiger partial charge in [-0.25, -0.2) is 4.98 Å². The monoisotopic (exact) mass is 280 g/mol. The highest BCUT2D eigenvalue weighted by Gasteiger charge is 2.12. The summed E-state index contributed by atoms with van der Waals surface area (Å²) < 4.78 is 11.4. The summed E-state index contributed by atoms with van der Waals surface area (Å²) in [6.45, 7) is 14.2. The molecule has 0 fully saturated rings. The second kappa shape index (κ2) is 7.48. The lowest BCUT2D eigenvalue weighted by molar-refractivity contribution is 0.195. The van der Waals surface area contributed by atoms with E-state index in [9.17, 15) is 0 Å². The molecule has 1 N–H and O–H groups in total. The molecule has 0 unspecified atom stereocenters. The van der Waals surface area contributed by atoms with Gasteiger partial charge in [-0.2, -0.15) is 0 Å². The van der Waals surface area contributed by atoms with Crippen molar-refractivity contribution in [1.82, 2.24) is 10.3 Å². The summed E-state index contributed by atoms with van der Waals surface area (Å²) in [7, 11) is 0. The highest BCUT2D eigenvalue weighted by molar-refractivity contribution is 5.22. The summed E-state index contributed by atoms with van der Waals surface area (Å²) in [6, 6.07) is 3.75. The van der Waals surface area contributed by atoms with Crippen LogP contribution in [-0.4, -0.2) is 29.8 Å². The van der Waals surface area contributed by atoms with E-state index in [-0.39, 0.29) is 11.6 Å². The average molecular weight is 280 g/mol. The lowest BCUT2D eigenvalue weighted by Gasteiger charge is -2.23. The van der Waals surface area contributed by atoms with Crippen molar-refractivity contribution >= 4 is 0 Å². The molecule has 0 saturated carbocycles. The molecule has 1 aromatic heterocycles. The molecule has 0 amide bonds. The third kappa shape index (κ3) is 7.34. The lowest BCUT2D eigenvalue weighted by Crippen LogP contribution is -2.41. The molecule has 0 spiro atoms. The van der Waals surface area contributed by atoms with Gasteiger partial charge in [0.15, 0.2) is 0 Å². The lowest BCUT2D eigenvalue weighted by atomic mass is 10.1. The number of aromatic nitrogens is 1. The molecule has 0 radical (unpaired) electrons. The van der Waals surface area contributed by atoms with Crippen LogP contribution in [0.1, 0.15) is 41.5 Å². The molecule has 0 aliphatic heterocycles. The molecule has 114 valence electrons. The van der Waals surface area contributed by atoms with Gasteiger partial charge in [0.25, 0.3) is 0 Å². The number of ether oxygens (including phenoxy) is 2. The number of nitrogens with one attached hydrogen (secondary N) is 1. The van der Waals surface area contributed by atoms with E-state index < -0.39 is 0 Å². The maximum atomic E-state index is 5.76. The van der Waals surface area contributed by atoms with Crippen molar-refractivity contribution in [3.8, 4) is 11.6 Å². The van der Waals surface area contributed by atoms with Crippen LogP contribution in [0.2, 0.25) is 0 Å². The van der Waals surface area contributed by atoms with E-state index in [1.165, 1.54) is 0 Å². The van der Waals surface area contributed by atoms with Crippen LogP contribution in [0.25, 0.3) is 0 Å². The van der Waals surface area contributed by atoms with Gasteiger partial charge < -0.3 is 14.8 Å². The fraction of sp³-hybridized carbons (Fsp3) is 0.688. The highest BCUT2D eigenvalue weighted by atomic mass is 16.5. The molecule has 0 aromatic carbocycles. The third-order valence-electron chi connectivity index (χ3n) is 2.53. The second-order valence-electron chi connectivity index (χ2n) is 6.60. The Balaban J connectivity index is 2.40. The van der Waals surface area contributed by atoms with E-state index >= 15 is 0 Å². The number of hydrogen-bond donors (Lipinski definition) is 1. The van der Waals surface area contributed by atoms with Crippen molar-refractivity contribution < 1.29 is 9.47 Å². The van der Waals surface area contributed by atoms with Crippen LogP contribution in [0, 0.1) is 5.92 Å². The highest BCUT2D eigenvalue weighted by Crippen LogP contribution is 2.15. The third-order valence-corrected chi connectivity index (χ3v) is 2.53. The Morgan fingerprint density at radius 3 is 2.40 bits per heavy atom. The maximum absolute atomic E-state index is 5.76. The first-order valence-electron chi connectivity index (χ1n) is 7.27. The van der Waals surface area contributed by atoms with E-state index in [0.717, 1.165) is 12.3 Å². The van der Waals surface area contributed by atoms with Crippen molar-refractivity contribution in [2.45, 2.75) is 53.2 Å². The van der Waals surface area contributed by atoms with Crippen LogP contribution in [-0.2, 0) is 0 Å².